The van der Waals surface area contributed by atoms with E-state index in [0.717, 1.165) is 16.5 Å². The van der Waals surface area contributed by atoms with Gasteiger partial charge in [0.15, 0.2) is 0 Å². The average Bonchev–Trinajstić information content (AvgIpc) is 3.43. The van der Waals surface area contributed by atoms with Gasteiger partial charge < -0.3 is 20.2 Å². The van der Waals surface area contributed by atoms with Crippen molar-refractivity contribution in [3.05, 3.63) is 98.7 Å². The largest absolute Gasteiger partial charge is 0.505 e. The summed E-state index contributed by atoms with van der Waals surface area (Å²) in [5, 5.41) is 16.3. The highest BCUT2D eigenvalue weighted by molar-refractivity contribution is 7.65. The van der Waals surface area contributed by atoms with Crippen LogP contribution in [0.1, 0.15) is 37.4 Å². The highest BCUT2D eigenvalue weighted by Crippen LogP contribution is 2.34. The van der Waals surface area contributed by atoms with Crippen LogP contribution in [0.5, 0.6) is 0 Å². The van der Waals surface area contributed by atoms with Gasteiger partial charge in [-0.05, 0) is 47.4 Å². The molecule has 0 unspecified atom stereocenters. The molecule has 9 nitrogen and oxygen atoms in total. The number of benzene rings is 3. The number of amides is 2. The van der Waals surface area contributed by atoms with Crippen molar-refractivity contribution in [2.75, 3.05) is 13.2 Å². The summed E-state index contributed by atoms with van der Waals surface area (Å²) in [4.78, 5) is 40.3. The highest BCUT2D eigenvalue weighted by atomic mass is 35.5. The highest BCUT2D eigenvalue weighted by Gasteiger charge is 2.28. The average molecular weight is 613 g/mol. The molecule has 2 heterocycles. The maximum absolute atomic E-state index is 13.2. The summed E-state index contributed by atoms with van der Waals surface area (Å²) < 4.78 is 16.5. The van der Waals surface area contributed by atoms with E-state index in [1.807, 2.05) is 17.0 Å². The van der Waals surface area contributed by atoms with Gasteiger partial charge in [0.05, 0.1) is 28.5 Å². The molecule has 1 atom stereocenters. The second-order valence-corrected chi connectivity index (χ2v) is 11.0. The number of fused-ring (bicyclic) bond motifs is 2. The van der Waals surface area contributed by atoms with E-state index in [4.69, 9.17) is 27.6 Å². The summed E-state index contributed by atoms with van der Waals surface area (Å²) in [5.74, 6) is -2.16. The van der Waals surface area contributed by atoms with Crippen LogP contribution in [-0.4, -0.2) is 47.0 Å². The Hall–Kier alpha value is -3.83. The third-order valence-electron chi connectivity index (χ3n) is 6.93. The Bertz CT molecular complexity index is 1670. The molecule has 210 valence electrons. The molecule has 4 aromatic rings. The SMILES string of the molecule is O=[S+]c1cccc(C[C@H](NC(=O)c2c(Cl)cc3c(c2Cl)CCN(CNC(=O)c2ccc4ccoc4c2)C3)C(=O)O)c1. The van der Waals surface area contributed by atoms with Crippen LogP contribution >= 0.6 is 23.2 Å². The predicted molar refractivity (Wildman–Crippen MR) is 154 cm³/mol. The molecule has 1 aliphatic heterocycles. The van der Waals surface area contributed by atoms with Crippen LogP contribution in [0.15, 0.2) is 70.2 Å². The molecule has 0 fully saturated rings. The van der Waals surface area contributed by atoms with E-state index in [-0.39, 0.29) is 34.6 Å². The minimum Gasteiger partial charge on any atom is -0.480 e. The number of carbonyl (C=O) groups is 3. The molecule has 0 spiro atoms. The molecule has 0 aliphatic carbocycles. The zero-order valence-corrected chi connectivity index (χ0v) is 23.8. The molecular weight excluding hydrogens is 589 g/mol. The van der Waals surface area contributed by atoms with Gasteiger partial charge in [0.25, 0.3) is 16.7 Å². The number of furan rings is 1. The third-order valence-corrected chi connectivity index (χ3v) is 8.09. The van der Waals surface area contributed by atoms with E-state index in [9.17, 15) is 23.7 Å². The van der Waals surface area contributed by atoms with E-state index in [0.29, 0.717) is 52.8 Å². The van der Waals surface area contributed by atoms with Gasteiger partial charge in [-0.1, -0.05) is 41.4 Å². The van der Waals surface area contributed by atoms with Gasteiger partial charge in [-0.15, -0.1) is 0 Å². The monoisotopic (exact) mass is 612 g/mol. The topological polar surface area (TPSA) is 129 Å². The van der Waals surface area contributed by atoms with Crippen molar-refractivity contribution >= 4 is 63.6 Å². The van der Waals surface area contributed by atoms with E-state index >= 15 is 0 Å². The van der Waals surface area contributed by atoms with E-state index in [1.54, 1.807) is 48.7 Å². The lowest BCUT2D eigenvalue weighted by Crippen LogP contribution is -2.43. The first-order valence-corrected chi connectivity index (χ1v) is 14.1. The van der Waals surface area contributed by atoms with Crippen LogP contribution in [0.25, 0.3) is 11.0 Å². The van der Waals surface area contributed by atoms with Gasteiger partial charge in [0.1, 0.15) is 11.6 Å². The van der Waals surface area contributed by atoms with Crippen molar-refractivity contribution < 1.29 is 28.1 Å². The Morgan fingerprint density at radius 1 is 1.07 bits per heavy atom. The number of hydrogen-bond acceptors (Lipinski definition) is 6. The summed E-state index contributed by atoms with van der Waals surface area (Å²) in [7, 11) is 0. The van der Waals surface area contributed by atoms with Crippen LogP contribution in [0.3, 0.4) is 0 Å². The zero-order valence-electron chi connectivity index (χ0n) is 21.5. The third kappa shape index (κ3) is 6.41. The molecular formula is C29H24Cl2N3O6S+. The Kier molecular flexibility index (Phi) is 8.65. The quantitative estimate of drug-likeness (QED) is 0.234. The molecule has 0 radical (unpaired) electrons. The Morgan fingerprint density at radius 3 is 2.68 bits per heavy atom. The number of nitrogens with zero attached hydrogens (tertiary/aromatic N) is 1. The van der Waals surface area contributed by atoms with Crippen LogP contribution in [-0.2, 0) is 40.1 Å². The maximum Gasteiger partial charge on any atom is 0.505 e. The summed E-state index contributed by atoms with van der Waals surface area (Å²) in [6.45, 7) is 1.30. The van der Waals surface area contributed by atoms with Gasteiger partial charge in [0.2, 0.25) is 0 Å². The second-order valence-electron chi connectivity index (χ2n) is 9.62. The van der Waals surface area contributed by atoms with Crippen molar-refractivity contribution in [1.29, 1.82) is 0 Å². The van der Waals surface area contributed by atoms with Crippen molar-refractivity contribution in [3.63, 3.8) is 0 Å². The van der Waals surface area contributed by atoms with Crippen LogP contribution in [0, 0.1) is 0 Å². The van der Waals surface area contributed by atoms with Gasteiger partial charge in [-0.3, -0.25) is 14.5 Å². The van der Waals surface area contributed by atoms with Crippen LogP contribution in [0.2, 0.25) is 10.0 Å². The number of carboxylic acid groups (broad SMARTS) is 1. The second kappa shape index (κ2) is 12.4. The fourth-order valence-electron chi connectivity index (χ4n) is 4.83. The van der Waals surface area contributed by atoms with Gasteiger partial charge in [0, 0.05) is 46.8 Å². The van der Waals surface area contributed by atoms with E-state index in [1.165, 1.54) is 0 Å². The number of aliphatic carboxylic acids is 1. The zero-order chi connectivity index (χ0) is 29.1. The van der Waals surface area contributed by atoms with Crippen LogP contribution < -0.4 is 10.6 Å². The summed E-state index contributed by atoms with van der Waals surface area (Å²) in [6.07, 6.45) is 2.05. The van der Waals surface area contributed by atoms with Crippen molar-refractivity contribution in [3.8, 4) is 0 Å². The summed E-state index contributed by atoms with van der Waals surface area (Å²) in [5.41, 5.74) is 3.29. The molecule has 0 saturated heterocycles. The molecule has 41 heavy (non-hydrogen) atoms. The maximum atomic E-state index is 13.2. The van der Waals surface area contributed by atoms with Crippen molar-refractivity contribution in [2.45, 2.75) is 30.3 Å². The standard InChI is InChI=1S/C29H23Cl2N3O6S/c30-22-12-19-14-34(15-32-27(35)18-5-4-17-7-9-40-24(17)13-18)8-6-21(19)26(31)25(22)28(36)33-23(29(37)38)11-16-2-1-3-20(10-16)41-39/h1-5,7,9-10,12-13,23H,6,8,11,14-15H2,(H2-,32,33,35,36,37,38)/p+1/t23-/m0/s1. The molecule has 1 aromatic heterocycles. The van der Waals surface area contributed by atoms with Crippen molar-refractivity contribution in [2.24, 2.45) is 0 Å². The lowest BCUT2D eigenvalue weighted by molar-refractivity contribution is -0.139. The molecule has 3 N–H and O–H groups in total. The Labute approximate surface area is 248 Å². The lowest BCUT2D eigenvalue weighted by Gasteiger charge is -2.30. The Morgan fingerprint density at radius 2 is 1.90 bits per heavy atom. The van der Waals surface area contributed by atoms with Crippen LogP contribution in [0.4, 0.5) is 0 Å². The smallest absolute Gasteiger partial charge is 0.480 e. The first kappa shape index (κ1) is 28.7. The molecule has 5 rings (SSSR count). The molecule has 1 aliphatic rings. The molecule has 3 aromatic carbocycles. The first-order chi connectivity index (χ1) is 19.7. The molecule has 12 heteroatoms. The molecule has 2 amide bonds. The Balaban J connectivity index is 1.25. The van der Waals surface area contributed by atoms with E-state index in [2.05, 4.69) is 10.6 Å². The van der Waals surface area contributed by atoms with Gasteiger partial charge >= 0.3 is 17.6 Å². The van der Waals surface area contributed by atoms with Gasteiger partial charge in [-0.25, -0.2) is 4.79 Å². The normalized spacial score (nSPS) is 13.8. The molecule has 0 saturated carbocycles. The number of carbonyl (C=O) groups excluding carboxylic acids is 2. The first-order valence-electron chi connectivity index (χ1n) is 12.6. The van der Waals surface area contributed by atoms with E-state index < -0.39 is 17.9 Å². The summed E-state index contributed by atoms with van der Waals surface area (Å²) >= 11 is 13.4. The number of carboxylic acids is 1. The number of halogens is 2. The predicted octanol–water partition coefficient (Wildman–Crippen LogP) is 4.70. The number of hydrogen-bond donors (Lipinski definition) is 3. The fraction of sp³-hybridized carbons (Fsp3) is 0.207. The minimum atomic E-state index is -1.26. The number of rotatable bonds is 9. The molecule has 0 bridgehead atoms. The summed E-state index contributed by atoms with van der Waals surface area (Å²) in [6, 6.07) is 14.0. The van der Waals surface area contributed by atoms with Gasteiger partial charge in [-0.2, -0.15) is 0 Å². The lowest BCUT2D eigenvalue weighted by atomic mass is 9.96. The fourth-order valence-corrected chi connectivity index (χ4v) is 5.92. The van der Waals surface area contributed by atoms with Crippen molar-refractivity contribution in [1.82, 2.24) is 15.5 Å². The minimum absolute atomic E-state index is 0.0114. The number of nitrogens with one attached hydrogen (secondary N) is 2.